The summed E-state index contributed by atoms with van der Waals surface area (Å²) in [5, 5.41) is 0.986. The van der Waals surface area contributed by atoms with E-state index in [0.717, 1.165) is 28.1 Å². The highest BCUT2D eigenvalue weighted by molar-refractivity contribution is 14.1. The van der Waals surface area contributed by atoms with Crippen molar-refractivity contribution in [3.63, 3.8) is 0 Å². The molecule has 0 fully saturated rings. The second kappa shape index (κ2) is 5.97. The van der Waals surface area contributed by atoms with E-state index in [4.69, 9.17) is 16.3 Å². The van der Waals surface area contributed by atoms with Gasteiger partial charge in [0.15, 0.2) is 0 Å². The second-order valence-corrected chi connectivity index (χ2v) is 5.83. The van der Waals surface area contributed by atoms with Gasteiger partial charge in [0, 0.05) is 15.0 Å². The number of alkyl halides is 1. The molecule has 1 aromatic heterocycles. The average molecular weight is 396 g/mol. The maximum absolute atomic E-state index is 5.99. The summed E-state index contributed by atoms with van der Waals surface area (Å²) < 4.78 is 7.16. The highest BCUT2D eigenvalue weighted by Gasteiger charge is 2.07. The Morgan fingerprint density at radius 2 is 1.80 bits per heavy atom. The van der Waals surface area contributed by atoms with Gasteiger partial charge in [-0.3, -0.25) is 4.98 Å². The zero-order chi connectivity index (χ0) is 13.9. The first-order valence-electron chi connectivity index (χ1n) is 6.14. The molecule has 2 nitrogen and oxygen atoms in total. The van der Waals surface area contributed by atoms with Gasteiger partial charge in [-0.1, -0.05) is 12.1 Å². The van der Waals surface area contributed by atoms with Crippen LogP contribution in [0.5, 0.6) is 11.5 Å². The van der Waals surface area contributed by atoms with Crippen LogP contribution in [-0.2, 0) is 5.88 Å². The van der Waals surface area contributed by atoms with Crippen LogP contribution < -0.4 is 4.74 Å². The number of nitrogens with zero attached hydrogens (tertiary/aromatic N) is 1. The molecule has 0 N–H and O–H groups in total. The van der Waals surface area contributed by atoms with Crippen LogP contribution in [0, 0.1) is 3.57 Å². The Morgan fingerprint density at radius 1 is 1.05 bits per heavy atom. The van der Waals surface area contributed by atoms with Gasteiger partial charge in [-0.2, -0.15) is 0 Å². The number of halogens is 2. The number of ether oxygens (including phenoxy) is 1. The smallest absolute Gasteiger partial charge is 0.138 e. The third kappa shape index (κ3) is 2.88. The molecule has 0 aliphatic heterocycles. The van der Waals surface area contributed by atoms with E-state index in [1.165, 1.54) is 3.57 Å². The van der Waals surface area contributed by atoms with Crippen molar-refractivity contribution in [2.45, 2.75) is 5.88 Å². The number of rotatable bonds is 3. The summed E-state index contributed by atoms with van der Waals surface area (Å²) in [5.74, 6) is 1.96. The molecule has 0 radical (unpaired) electrons. The van der Waals surface area contributed by atoms with Gasteiger partial charge >= 0.3 is 0 Å². The maximum atomic E-state index is 5.99. The van der Waals surface area contributed by atoms with Crippen molar-refractivity contribution in [1.82, 2.24) is 4.98 Å². The Balaban J connectivity index is 2.07. The molecule has 0 saturated heterocycles. The van der Waals surface area contributed by atoms with Crippen molar-refractivity contribution in [2.75, 3.05) is 0 Å². The number of benzene rings is 2. The number of para-hydroxylation sites is 1. The number of aromatic nitrogens is 1. The molecule has 0 atom stereocenters. The van der Waals surface area contributed by atoms with Crippen LogP contribution in [0.4, 0.5) is 0 Å². The summed E-state index contributed by atoms with van der Waals surface area (Å²) in [6.45, 7) is 0. The number of fused-ring (bicyclic) bond motifs is 1. The Labute approximate surface area is 135 Å². The van der Waals surface area contributed by atoms with Gasteiger partial charge < -0.3 is 4.74 Å². The lowest BCUT2D eigenvalue weighted by Gasteiger charge is -2.10. The standard InChI is InChI=1S/C16H11ClINO/c17-10-12-9-16(14-3-1-2-4-15(14)19-12)20-13-7-5-11(18)6-8-13/h1-9H,10H2. The van der Waals surface area contributed by atoms with E-state index in [1.807, 2.05) is 54.6 Å². The Kier molecular flexibility index (Phi) is 4.08. The minimum atomic E-state index is 0.369. The monoisotopic (exact) mass is 395 g/mol. The van der Waals surface area contributed by atoms with Crippen molar-refractivity contribution < 1.29 is 4.74 Å². The molecule has 100 valence electrons. The van der Waals surface area contributed by atoms with Gasteiger partial charge in [0.2, 0.25) is 0 Å². The minimum Gasteiger partial charge on any atom is -0.457 e. The molecule has 0 saturated carbocycles. The molecule has 0 amide bonds. The summed E-state index contributed by atoms with van der Waals surface area (Å²) in [6.07, 6.45) is 0. The van der Waals surface area contributed by atoms with E-state index in [-0.39, 0.29) is 0 Å². The van der Waals surface area contributed by atoms with Crippen molar-refractivity contribution in [1.29, 1.82) is 0 Å². The van der Waals surface area contributed by atoms with Crippen molar-refractivity contribution in [2.24, 2.45) is 0 Å². The Hall–Kier alpha value is -1.33. The molecule has 4 heteroatoms. The fourth-order valence-corrected chi connectivity index (χ4v) is 2.47. The van der Waals surface area contributed by atoms with E-state index in [1.54, 1.807) is 0 Å². The van der Waals surface area contributed by atoms with Crippen LogP contribution in [0.1, 0.15) is 5.69 Å². The lowest BCUT2D eigenvalue weighted by molar-refractivity contribution is 0.487. The Morgan fingerprint density at radius 3 is 2.55 bits per heavy atom. The molecule has 0 bridgehead atoms. The molecule has 1 heterocycles. The molecule has 0 unspecified atom stereocenters. The average Bonchev–Trinajstić information content (AvgIpc) is 2.49. The van der Waals surface area contributed by atoms with Crippen LogP contribution in [0.15, 0.2) is 54.6 Å². The number of pyridine rings is 1. The SMILES string of the molecule is ClCc1cc(Oc2ccc(I)cc2)c2ccccc2n1. The van der Waals surface area contributed by atoms with Gasteiger partial charge in [-0.15, -0.1) is 11.6 Å². The third-order valence-electron chi connectivity index (χ3n) is 2.91. The summed E-state index contributed by atoms with van der Waals surface area (Å²) in [4.78, 5) is 4.50. The van der Waals surface area contributed by atoms with Crippen LogP contribution in [0.2, 0.25) is 0 Å². The molecule has 3 aromatic rings. The van der Waals surface area contributed by atoms with E-state index in [0.29, 0.717) is 5.88 Å². The van der Waals surface area contributed by atoms with Gasteiger partial charge in [-0.05, 0) is 59.0 Å². The first-order chi connectivity index (χ1) is 9.76. The second-order valence-electron chi connectivity index (χ2n) is 4.32. The maximum Gasteiger partial charge on any atom is 0.138 e. The van der Waals surface area contributed by atoms with Crippen LogP contribution >= 0.6 is 34.2 Å². The van der Waals surface area contributed by atoms with E-state index in [2.05, 4.69) is 27.6 Å². The lowest BCUT2D eigenvalue weighted by Crippen LogP contribution is -1.92. The first-order valence-corrected chi connectivity index (χ1v) is 7.75. The molecule has 0 aliphatic rings. The molecular weight excluding hydrogens is 385 g/mol. The normalized spacial score (nSPS) is 10.7. The highest BCUT2D eigenvalue weighted by atomic mass is 127. The van der Waals surface area contributed by atoms with E-state index >= 15 is 0 Å². The van der Waals surface area contributed by atoms with Crippen molar-refractivity contribution in [3.05, 3.63) is 63.9 Å². The zero-order valence-electron chi connectivity index (χ0n) is 10.5. The molecule has 20 heavy (non-hydrogen) atoms. The fraction of sp³-hybridized carbons (Fsp3) is 0.0625. The van der Waals surface area contributed by atoms with Gasteiger partial charge in [0.25, 0.3) is 0 Å². The largest absolute Gasteiger partial charge is 0.457 e. The minimum absolute atomic E-state index is 0.369. The van der Waals surface area contributed by atoms with Crippen LogP contribution in [-0.4, -0.2) is 4.98 Å². The van der Waals surface area contributed by atoms with Crippen molar-refractivity contribution in [3.8, 4) is 11.5 Å². The number of hydrogen-bond donors (Lipinski definition) is 0. The van der Waals surface area contributed by atoms with E-state index < -0.39 is 0 Å². The van der Waals surface area contributed by atoms with Crippen molar-refractivity contribution >= 4 is 45.1 Å². The third-order valence-corrected chi connectivity index (χ3v) is 3.90. The molecule has 3 rings (SSSR count). The van der Waals surface area contributed by atoms with Gasteiger partial charge in [0.1, 0.15) is 11.5 Å². The first kappa shape index (κ1) is 13.6. The molecule has 2 aromatic carbocycles. The number of hydrogen-bond acceptors (Lipinski definition) is 2. The van der Waals surface area contributed by atoms with E-state index in [9.17, 15) is 0 Å². The molecule has 0 spiro atoms. The topological polar surface area (TPSA) is 22.1 Å². The molecule has 0 aliphatic carbocycles. The summed E-state index contributed by atoms with van der Waals surface area (Å²) in [5.41, 5.74) is 1.71. The predicted octanol–water partition coefficient (Wildman–Crippen LogP) is 5.37. The quantitative estimate of drug-likeness (QED) is 0.439. The van der Waals surface area contributed by atoms with Crippen LogP contribution in [0.25, 0.3) is 10.9 Å². The predicted molar refractivity (Wildman–Crippen MR) is 90.5 cm³/mol. The summed E-state index contributed by atoms with van der Waals surface area (Å²) in [7, 11) is 0. The zero-order valence-corrected chi connectivity index (χ0v) is 13.4. The summed E-state index contributed by atoms with van der Waals surface area (Å²) in [6, 6.07) is 17.7. The van der Waals surface area contributed by atoms with Gasteiger partial charge in [-0.25, -0.2) is 0 Å². The van der Waals surface area contributed by atoms with Gasteiger partial charge in [0.05, 0.1) is 17.1 Å². The fourth-order valence-electron chi connectivity index (χ4n) is 1.98. The highest BCUT2D eigenvalue weighted by Crippen LogP contribution is 2.30. The lowest BCUT2D eigenvalue weighted by atomic mass is 10.2. The summed E-state index contributed by atoms with van der Waals surface area (Å²) >= 11 is 8.17. The molecular formula is C16H11ClINO. The Bertz CT molecular complexity index is 743. The van der Waals surface area contributed by atoms with Crippen LogP contribution in [0.3, 0.4) is 0 Å².